The smallest absolute Gasteiger partial charge is 0.259 e. The molecule has 0 spiro atoms. The maximum Gasteiger partial charge on any atom is 0.259 e. The van der Waals surface area contributed by atoms with Crippen LogP contribution in [-0.2, 0) is 0 Å². The van der Waals surface area contributed by atoms with E-state index >= 15 is 0 Å². The van der Waals surface area contributed by atoms with Crippen molar-refractivity contribution in [3.8, 4) is 6.07 Å². The average molecular weight is 266 g/mol. The zero-order chi connectivity index (χ0) is 14.4. The van der Waals surface area contributed by atoms with E-state index in [1.165, 1.54) is 0 Å². The largest absolute Gasteiger partial charge is 0.417 e. The first-order chi connectivity index (χ1) is 9.69. The first-order valence-corrected chi connectivity index (χ1v) is 6.03. The number of hydrogen-bond donors (Lipinski definition) is 0. The van der Waals surface area contributed by atoms with Gasteiger partial charge in [-0.1, -0.05) is 30.3 Å². The van der Waals surface area contributed by atoms with E-state index in [-0.39, 0.29) is 11.6 Å². The second-order valence-corrected chi connectivity index (χ2v) is 4.27. The molecule has 2 aromatic rings. The van der Waals surface area contributed by atoms with Crippen molar-refractivity contribution in [1.29, 1.82) is 5.26 Å². The molecule has 0 N–H and O–H groups in total. The Kier molecular flexibility index (Phi) is 4.30. The zero-order valence-corrected chi connectivity index (χ0v) is 11.3. The Hall–Kier alpha value is -2.87. The highest BCUT2D eigenvalue weighted by molar-refractivity contribution is 5.67. The number of oxazole rings is 1. The molecule has 20 heavy (non-hydrogen) atoms. The van der Waals surface area contributed by atoms with Gasteiger partial charge < -0.3 is 9.32 Å². The van der Waals surface area contributed by atoms with Crippen LogP contribution in [-0.4, -0.2) is 30.3 Å². The van der Waals surface area contributed by atoms with E-state index in [0.29, 0.717) is 5.89 Å². The lowest BCUT2D eigenvalue weighted by molar-refractivity contribution is 0.553. The van der Waals surface area contributed by atoms with Gasteiger partial charge in [0.2, 0.25) is 11.6 Å². The Morgan fingerprint density at radius 1 is 1.25 bits per heavy atom. The Morgan fingerprint density at radius 3 is 2.65 bits per heavy atom. The van der Waals surface area contributed by atoms with Gasteiger partial charge in [0.05, 0.1) is 6.34 Å². The van der Waals surface area contributed by atoms with Gasteiger partial charge in [0.15, 0.2) is 0 Å². The third-order valence-corrected chi connectivity index (χ3v) is 2.36. The highest BCUT2D eigenvalue weighted by Crippen LogP contribution is 2.21. The molecule has 5 heteroatoms. The molecule has 0 aliphatic rings. The maximum absolute atomic E-state index is 9.00. The molecule has 1 aromatic carbocycles. The van der Waals surface area contributed by atoms with Crippen molar-refractivity contribution in [2.75, 3.05) is 14.1 Å². The summed E-state index contributed by atoms with van der Waals surface area (Å²) >= 11 is 0. The second kappa shape index (κ2) is 6.34. The molecule has 0 amide bonds. The van der Waals surface area contributed by atoms with Gasteiger partial charge in [-0.15, -0.1) is 0 Å². The SMILES string of the molecule is CN(C)/C=N/c1oc(/C=C/c2ccccc2)nc1C#N. The second-order valence-electron chi connectivity index (χ2n) is 4.27. The number of rotatable bonds is 4. The van der Waals surface area contributed by atoms with Crippen molar-refractivity contribution < 1.29 is 4.42 Å². The lowest BCUT2D eigenvalue weighted by atomic mass is 10.2. The van der Waals surface area contributed by atoms with Crippen LogP contribution in [0.4, 0.5) is 5.88 Å². The molecular formula is C15H14N4O. The molecule has 0 aliphatic carbocycles. The summed E-state index contributed by atoms with van der Waals surface area (Å²) in [4.78, 5) is 9.90. The van der Waals surface area contributed by atoms with Crippen molar-refractivity contribution in [3.63, 3.8) is 0 Å². The van der Waals surface area contributed by atoms with Gasteiger partial charge in [0.25, 0.3) is 5.88 Å². The Labute approximate surface area is 117 Å². The van der Waals surface area contributed by atoms with Crippen molar-refractivity contribution in [2.24, 2.45) is 4.99 Å². The van der Waals surface area contributed by atoms with Crippen LogP contribution in [0.2, 0.25) is 0 Å². The predicted molar refractivity (Wildman–Crippen MR) is 78.4 cm³/mol. The molecule has 100 valence electrons. The molecule has 0 aliphatic heterocycles. The van der Waals surface area contributed by atoms with Crippen molar-refractivity contribution >= 4 is 24.4 Å². The molecule has 5 nitrogen and oxygen atoms in total. The van der Waals surface area contributed by atoms with E-state index in [0.717, 1.165) is 5.56 Å². The van der Waals surface area contributed by atoms with Crippen molar-refractivity contribution in [2.45, 2.75) is 0 Å². The summed E-state index contributed by atoms with van der Waals surface area (Å²) < 4.78 is 5.43. The maximum atomic E-state index is 9.00. The van der Waals surface area contributed by atoms with Crippen molar-refractivity contribution in [1.82, 2.24) is 9.88 Å². The van der Waals surface area contributed by atoms with Crippen LogP contribution in [0.5, 0.6) is 0 Å². The van der Waals surface area contributed by atoms with Gasteiger partial charge in [0.1, 0.15) is 6.07 Å². The first-order valence-electron chi connectivity index (χ1n) is 6.03. The molecule has 2 rings (SSSR count). The topological polar surface area (TPSA) is 65.4 Å². The minimum Gasteiger partial charge on any atom is -0.417 e. The van der Waals surface area contributed by atoms with E-state index in [4.69, 9.17) is 9.68 Å². The Balaban J connectivity index is 2.22. The minimum absolute atomic E-state index is 0.177. The molecule has 0 radical (unpaired) electrons. The van der Waals surface area contributed by atoms with Gasteiger partial charge in [-0.3, -0.25) is 0 Å². The Bertz CT molecular complexity index is 663. The van der Waals surface area contributed by atoms with Gasteiger partial charge in [0, 0.05) is 20.2 Å². The molecule has 0 saturated heterocycles. The van der Waals surface area contributed by atoms with Gasteiger partial charge in [-0.05, 0) is 11.6 Å². The summed E-state index contributed by atoms with van der Waals surface area (Å²) in [7, 11) is 3.67. The number of hydrogen-bond acceptors (Lipinski definition) is 4. The van der Waals surface area contributed by atoms with Gasteiger partial charge >= 0.3 is 0 Å². The van der Waals surface area contributed by atoms with Crippen LogP contribution in [0.1, 0.15) is 17.1 Å². The molecule has 0 bridgehead atoms. The van der Waals surface area contributed by atoms with Crippen LogP contribution in [0.25, 0.3) is 12.2 Å². The van der Waals surface area contributed by atoms with Crippen LogP contribution in [0.15, 0.2) is 39.7 Å². The van der Waals surface area contributed by atoms with E-state index in [1.54, 1.807) is 17.3 Å². The highest BCUT2D eigenvalue weighted by Gasteiger charge is 2.09. The fraction of sp³-hybridized carbons (Fsp3) is 0.133. The number of aliphatic imine (C=N–C) groups is 1. The number of nitriles is 1. The third kappa shape index (κ3) is 3.56. The average Bonchev–Trinajstić information content (AvgIpc) is 2.86. The van der Waals surface area contributed by atoms with Crippen LogP contribution in [0, 0.1) is 11.3 Å². The van der Waals surface area contributed by atoms with Gasteiger partial charge in [-0.2, -0.15) is 10.2 Å². The fourth-order valence-electron chi connectivity index (χ4n) is 1.46. The minimum atomic E-state index is 0.177. The monoisotopic (exact) mass is 266 g/mol. The predicted octanol–water partition coefficient (Wildman–Crippen LogP) is 2.94. The number of benzene rings is 1. The van der Waals surface area contributed by atoms with Crippen LogP contribution >= 0.6 is 0 Å². The summed E-state index contributed by atoms with van der Waals surface area (Å²) in [5, 5.41) is 9.00. The van der Waals surface area contributed by atoms with Crippen molar-refractivity contribution in [3.05, 3.63) is 47.5 Å². The van der Waals surface area contributed by atoms with Crippen LogP contribution < -0.4 is 0 Å². The highest BCUT2D eigenvalue weighted by atomic mass is 16.4. The summed E-state index contributed by atoms with van der Waals surface area (Å²) in [6.45, 7) is 0. The van der Waals surface area contributed by atoms with E-state index < -0.39 is 0 Å². The molecular weight excluding hydrogens is 252 g/mol. The molecule has 1 heterocycles. The first kappa shape index (κ1) is 13.6. The normalized spacial score (nSPS) is 11.1. The van der Waals surface area contributed by atoms with E-state index in [1.807, 2.05) is 56.6 Å². The third-order valence-electron chi connectivity index (χ3n) is 2.36. The van der Waals surface area contributed by atoms with E-state index in [2.05, 4.69) is 9.98 Å². The summed E-state index contributed by atoms with van der Waals surface area (Å²) in [5.74, 6) is 0.574. The molecule has 0 unspecified atom stereocenters. The lowest BCUT2D eigenvalue weighted by Crippen LogP contribution is -2.06. The molecule has 0 saturated carbocycles. The van der Waals surface area contributed by atoms with Gasteiger partial charge in [-0.25, -0.2) is 4.99 Å². The molecule has 1 aromatic heterocycles. The molecule has 0 fully saturated rings. The summed E-state index contributed by atoms with van der Waals surface area (Å²) in [6, 6.07) is 11.7. The van der Waals surface area contributed by atoms with E-state index in [9.17, 15) is 0 Å². The number of aromatic nitrogens is 1. The standard InChI is InChI=1S/C15H14N4O/c1-19(2)11-17-15-13(10-16)18-14(20-15)9-8-12-6-4-3-5-7-12/h3-9,11H,1-2H3/b9-8+,17-11+. The zero-order valence-electron chi connectivity index (χ0n) is 11.3. The quantitative estimate of drug-likeness (QED) is 0.630. The summed E-state index contributed by atoms with van der Waals surface area (Å²) in [6.07, 6.45) is 5.14. The number of nitrogens with zero attached hydrogens (tertiary/aromatic N) is 4. The fourth-order valence-corrected chi connectivity index (χ4v) is 1.46. The Morgan fingerprint density at radius 2 is 2.00 bits per heavy atom. The molecule has 0 atom stereocenters. The summed E-state index contributed by atoms with van der Waals surface area (Å²) in [5.41, 5.74) is 1.21. The lowest BCUT2D eigenvalue weighted by Gasteiger charge is -1.99. The van der Waals surface area contributed by atoms with Crippen LogP contribution in [0.3, 0.4) is 0 Å².